The van der Waals surface area contributed by atoms with Crippen LogP contribution in [0.3, 0.4) is 0 Å². The molecular weight excluding hydrogens is 350 g/mol. The fraction of sp³-hybridized carbons (Fsp3) is 0.250. The largest absolute Gasteiger partial charge is 0.484 e. The van der Waals surface area contributed by atoms with Gasteiger partial charge in [0.05, 0.1) is 12.7 Å². The second-order valence-corrected chi connectivity index (χ2v) is 5.69. The van der Waals surface area contributed by atoms with Gasteiger partial charge in [-0.2, -0.15) is 0 Å². The summed E-state index contributed by atoms with van der Waals surface area (Å²) >= 11 is 0. The summed E-state index contributed by atoms with van der Waals surface area (Å²) in [4.78, 5) is 35.2. The van der Waals surface area contributed by atoms with Crippen LogP contribution >= 0.6 is 0 Å². The first-order valence-electron chi connectivity index (χ1n) is 8.30. The highest BCUT2D eigenvalue weighted by atomic mass is 16.5. The number of ether oxygens (including phenoxy) is 3. The Labute approximate surface area is 157 Å². The zero-order chi connectivity index (χ0) is 19.6. The number of methoxy groups -OCH3 is 1. The molecule has 7 heteroatoms. The van der Waals surface area contributed by atoms with E-state index in [0.29, 0.717) is 16.9 Å². The molecule has 0 fully saturated rings. The van der Waals surface area contributed by atoms with Crippen LogP contribution in [0.15, 0.2) is 54.6 Å². The van der Waals surface area contributed by atoms with Crippen LogP contribution < -0.4 is 10.1 Å². The first kappa shape index (κ1) is 20.0. The molecule has 0 unspecified atom stereocenters. The van der Waals surface area contributed by atoms with Crippen molar-refractivity contribution in [3.8, 4) is 5.75 Å². The summed E-state index contributed by atoms with van der Waals surface area (Å²) in [5.41, 5.74) is 1.12. The van der Waals surface area contributed by atoms with Gasteiger partial charge >= 0.3 is 11.9 Å². The highest BCUT2D eigenvalue weighted by Crippen LogP contribution is 2.09. The van der Waals surface area contributed by atoms with E-state index in [0.717, 1.165) is 0 Å². The van der Waals surface area contributed by atoms with Gasteiger partial charge in [0.15, 0.2) is 6.61 Å². The van der Waals surface area contributed by atoms with Gasteiger partial charge in [0.1, 0.15) is 18.4 Å². The zero-order valence-electron chi connectivity index (χ0n) is 15.1. The summed E-state index contributed by atoms with van der Waals surface area (Å²) in [6.45, 7) is 1.36. The number of amides is 1. The van der Waals surface area contributed by atoms with E-state index >= 15 is 0 Å². The average molecular weight is 371 g/mol. The molecular formula is C20H21NO6. The van der Waals surface area contributed by atoms with Crippen molar-refractivity contribution in [2.75, 3.05) is 13.7 Å². The van der Waals surface area contributed by atoms with Crippen molar-refractivity contribution in [1.82, 2.24) is 5.32 Å². The van der Waals surface area contributed by atoms with Gasteiger partial charge in [0.2, 0.25) is 0 Å². The Balaban J connectivity index is 1.74. The molecule has 27 heavy (non-hydrogen) atoms. The molecule has 0 radical (unpaired) electrons. The van der Waals surface area contributed by atoms with Gasteiger partial charge in [-0.1, -0.05) is 30.3 Å². The number of esters is 2. The van der Waals surface area contributed by atoms with E-state index in [2.05, 4.69) is 10.1 Å². The van der Waals surface area contributed by atoms with Gasteiger partial charge in [-0.25, -0.2) is 9.59 Å². The molecule has 0 aromatic heterocycles. The SMILES string of the molecule is COC(=O)c1ccc(COC(=O)[C@H](C)NC(=O)COc2ccccc2)cc1. The number of carbonyl (C=O) groups excluding carboxylic acids is 3. The molecule has 0 spiro atoms. The molecule has 2 aromatic rings. The van der Waals surface area contributed by atoms with Gasteiger partial charge < -0.3 is 19.5 Å². The Hall–Kier alpha value is -3.35. The monoisotopic (exact) mass is 371 g/mol. The van der Waals surface area contributed by atoms with Crippen molar-refractivity contribution < 1.29 is 28.6 Å². The van der Waals surface area contributed by atoms with Crippen molar-refractivity contribution >= 4 is 17.8 Å². The molecule has 0 aliphatic carbocycles. The standard InChI is InChI=1S/C20H21NO6/c1-14(21-18(22)13-26-17-6-4-3-5-7-17)19(23)27-12-15-8-10-16(11-9-15)20(24)25-2/h3-11,14H,12-13H2,1-2H3,(H,21,22)/t14-/m0/s1. The fourth-order valence-corrected chi connectivity index (χ4v) is 2.14. The number of benzene rings is 2. The maximum atomic E-state index is 12.0. The number of nitrogens with one attached hydrogen (secondary N) is 1. The van der Waals surface area contributed by atoms with Crippen LogP contribution in [-0.4, -0.2) is 37.6 Å². The Morgan fingerprint density at radius 3 is 2.30 bits per heavy atom. The summed E-state index contributed by atoms with van der Waals surface area (Å²) in [7, 11) is 1.30. The van der Waals surface area contributed by atoms with E-state index < -0.39 is 23.9 Å². The number of para-hydroxylation sites is 1. The van der Waals surface area contributed by atoms with Gasteiger partial charge in [0.25, 0.3) is 5.91 Å². The molecule has 1 amide bonds. The summed E-state index contributed by atoms with van der Waals surface area (Å²) < 4.78 is 15.1. The quantitative estimate of drug-likeness (QED) is 0.715. The van der Waals surface area contributed by atoms with Crippen molar-refractivity contribution in [1.29, 1.82) is 0 Å². The highest BCUT2D eigenvalue weighted by molar-refractivity contribution is 5.89. The molecule has 142 valence electrons. The van der Waals surface area contributed by atoms with E-state index in [9.17, 15) is 14.4 Å². The third kappa shape index (κ3) is 6.47. The number of hydrogen-bond donors (Lipinski definition) is 1. The lowest BCUT2D eigenvalue weighted by atomic mass is 10.1. The number of hydrogen-bond acceptors (Lipinski definition) is 6. The van der Waals surface area contributed by atoms with Gasteiger partial charge in [-0.05, 0) is 36.8 Å². The molecule has 0 saturated heterocycles. The van der Waals surface area contributed by atoms with E-state index in [1.165, 1.54) is 14.0 Å². The minimum Gasteiger partial charge on any atom is -0.484 e. The predicted octanol–water partition coefficient (Wildman–Crippen LogP) is 2.10. The Kier molecular flexibility index (Phi) is 7.37. The zero-order valence-corrected chi connectivity index (χ0v) is 15.1. The smallest absolute Gasteiger partial charge is 0.337 e. The normalized spacial score (nSPS) is 11.2. The lowest BCUT2D eigenvalue weighted by Gasteiger charge is -2.14. The second-order valence-electron chi connectivity index (χ2n) is 5.69. The fourth-order valence-electron chi connectivity index (χ4n) is 2.14. The first-order chi connectivity index (χ1) is 13.0. The van der Waals surface area contributed by atoms with Gasteiger partial charge in [-0.15, -0.1) is 0 Å². The lowest BCUT2D eigenvalue weighted by molar-refractivity contribution is -0.148. The van der Waals surface area contributed by atoms with Gasteiger partial charge in [-0.3, -0.25) is 4.79 Å². The van der Waals surface area contributed by atoms with Crippen molar-refractivity contribution in [3.63, 3.8) is 0 Å². The van der Waals surface area contributed by atoms with Crippen LogP contribution in [0, 0.1) is 0 Å². The van der Waals surface area contributed by atoms with E-state index in [1.54, 1.807) is 48.5 Å². The Bertz CT molecular complexity index is 773. The molecule has 1 N–H and O–H groups in total. The van der Waals surface area contributed by atoms with Crippen LogP contribution in [0.5, 0.6) is 5.75 Å². The first-order valence-corrected chi connectivity index (χ1v) is 8.30. The predicted molar refractivity (Wildman–Crippen MR) is 97.1 cm³/mol. The third-order valence-corrected chi connectivity index (χ3v) is 3.60. The molecule has 2 rings (SSSR count). The number of rotatable bonds is 8. The Morgan fingerprint density at radius 2 is 1.67 bits per heavy atom. The average Bonchev–Trinajstić information content (AvgIpc) is 2.71. The topological polar surface area (TPSA) is 90.9 Å². The number of carbonyl (C=O) groups is 3. The van der Waals surface area contributed by atoms with Crippen LogP contribution in [0.4, 0.5) is 0 Å². The molecule has 0 bridgehead atoms. The van der Waals surface area contributed by atoms with Crippen LogP contribution in [0.2, 0.25) is 0 Å². The van der Waals surface area contributed by atoms with Crippen LogP contribution in [-0.2, 0) is 25.7 Å². The van der Waals surface area contributed by atoms with Crippen LogP contribution in [0.25, 0.3) is 0 Å². The maximum absolute atomic E-state index is 12.0. The molecule has 1 atom stereocenters. The summed E-state index contributed by atoms with van der Waals surface area (Å²) in [5, 5.41) is 2.52. The summed E-state index contributed by atoms with van der Waals surface area (Å²) in [6, 6.07) is 14.6. The Morgan fingerprint density at radius 1 is 1.00 bits per heavy atom. The highest BCUT2D eigenvalue weighted by Gasteiger charge is 2.17. The van der Waals surface area contributed by atoms with Crippen molar-refractivity contribution in [2.45, 2.75) is 19.6 Å². The van der Waals surface area contributed by atoms with Crippen molar-refractivity contribution in [2.24, 2.45) is 0 Å². The van der Waals surface area contributed by atoms with Crippen LogP contribution in [0.1, 0.15) is 22.8 Å². The van der Waals surface area contributed by atoms with E-state index in [4.69, 9.17) is 9.47 Å². The second kappa shape index (κ2) is 9.96. The molecule has 0 aliphatic rings. The molecule has 0 heterocycles. The van der Waals surface area contributed by atoms with Crippen molar-refractivity contribution in [3.05, 3.63) is 65.7 Å². The minimum absolute atomic E-state index is 0.0288. The minimum atomic E-state index is -0.814. The maximum Gasteiger partial charge on any atom is 0.337 e. The van der Waals surface area contributed by atoms with E-state index in [-0.39, 0.29) is 13.2 Å². The van der Waals surface area contributed by atoms with Gasteiger partial charge in [0, 0.05) is 0 Å². The molecule has 7 nitrogen and oxygen atoms in total. The molecule has 2 aromatic carbocycles. The molecule has 0 aliphatic heterocycles. The van der Waals surface area contributed by atoms with E-state index in [1.807, 2.05) is 6.07 Å². The summed E-state index contributed by atoms with van der Waals surface area (Å²) in [6.07, 6.45) is 0. The summed E-state index contributed by atoms with van der Waals surface area (Å²) in [5.74, 6) is -0.864. The lowest BCUT2D eigenvalue weighted by Crippen LogP contribution is -2.41. The third-order valence-electron chi connectivity index (χ3n) is 3.60. The molecule has 0 saturated carbocycles.